The second kappa shape index (κ2) is 9.30. The number of rotatable bonds is 7. The number of halogens is 6. The molecule has 2 N–H and O–H groups in total. The largest absolute Gasteiger partial charge is 0.511 e. The van der Waals surface area contributed by atoms with Crippen molar-refractivity contribution in [3.63, 3.8) is 0 Å². The highest BCUT2D eigenvalue weighted by molar-refractivity contribution is 7.90. The minimum atomic E-state index is -6.49. The van der Waals surface area contributed by atoms with Crippen molar-refractivity contribution in [1.29, 1.82) is 0 Å². The molecule has 0 rings (SSSR count). The predicted octanol–water partition coefficient (Wildman–Crippen LogP) is 1.29. The minimum absolute atomic E-state index is 0.674. The average molecular weight is 524 g/mol. The fraction of sp³-hybridized carbons (Fsp3) is 0.857. The van der Waals surface area contributed by atoms with E-state index in [1.54, 1.807) is 0 Å². The van der Waals surface area contributed by atoms with Crippen LogP contribution < -0.4 is 9.44 Å². The highest BCUT2D eigenvalue weighted by atomic mass is 32.2. The van der Waals surface area contributed by atoms with Gasteiger partial charge < -0.3 is 9.47 Å². The number of esters is 2. The summed E-state index contributed by atoms with van der Waals surface area (Å²) in [7, 11) is -13.0. The number of ether oxygens (including phenoxy) is 2. The van der Waals surface area contributed by atoms with Crippen molar-refractivity contribution in [1.82, 2.24) is 9.44 Å². The molecule has 0 heterocycles. The van der Waals surface area contributed by atoms with Gasteiger partial charge in [-0.15, -0.1) is 0 Å². The van der Waals surface area contributed by atoms with Crippen LogP contribution in [0.3, 0.4) is 0 Å². The number of carbonyl (C=O) groups is 2. The maximum atomic E-state index is 12.8. The summed E-state index contributed by atoms with van der Waals surface area (Å²) in [5, 5.41) is 0. The Hall–Kier alpha value is -1.66. The number of sulfonamides is 2. The summed E-state index contributed by atoms with van der Waals surface area (Å²) in [4.78, 5) is 24.7. The number of nitrogens with one attached hydrogen (secondary N) is 2. The highest BCUT2D eigenvalue weighted by Crippen LogP contribution is 2.26. The monoisotopic (exact) mass is 524 g/mol. The Labute approximate surface area is 180 Å². The number of alkyl halides is 6. The van der Waals surface area contributed by atoms with E-state index in [0.717, 1.165) is 41.5 Å². The predicted molar refractivity (Wildman–Crippen MR) is 95.5 cm³/mol. The van der Waals surface area contributed by atoms with Crippen molar-refractivity contribution in [2.75, 3.05) is 0 Å². The normalized spacial score (nSPS) is 16.2. The molecule has 32 heavy (non-hydrogen) atoms. The van der Waals surface area contributed by atoms with Gasteiger partial charge in [-0.3, -0.25) is 9.59 Å². The van der Waals surface area contributed by atoms with Crippen molar-refractivity contribution in [2.45, 2.75) is 75.8 Å². The summed E-state index contributed by atoms with van der Waals surface area (Å²) in [6, 6.07) is -6.26. The van der Waals surface area contributed by atoms with Gasteiger partial charge in [-0.25, -0.2) is 16.8 Å². The lowest BCUT2D eigenvalue weighted by atomic mass is 10.1. The minimum Gasteiger partial charge on any atom is -0.459 e. The van der Waals surface area contributed by atoms with Crippen LogP contribution in [0.5, 0.6) is 0 Å². The maximum Gasteiger partial charge on any atom is 0.511 e. The van der Waals surface area contributed by atoms with Gasteiger partial charge >= 0.3 is 43.0 Å². The average Bonchev–Trinajstić information content (AvgIpc) is 2.44. The molecule has 0 unspecified atom stereocenters. The standard InChI is InChI=1S/C14H22F6N2O8S2/c1-11(2,3)29-9(23)7(21-31(25,26)13(15,16)17)8(10(24)30-12(4,5)6)22-32(27,28)14(18,19)20/h7-8,21-22H,1-6H3/t7-,8+. The Morgan fingerprint density at radius 1 is 0.625 bits per heavy atom. The molecule has 0 saturated carbocycles. The SMILES string of the molecule is CC(C)(C)OC(=O)[C@@H](NS(=O)(=O)C(F)(F)F)[C@@H](NS(=O)(=O)C(F)(F)F)C(=O)OC(C)(C)C. The molecule has 190 valence electrons. The first kappa shape index (κ1) is 30.3. The number of hydrogen-bond acceptors (Lipinski definition) is 8. The summed E-state index contributed by atoms with van der Waals surface area (Å²) >= 11 is 0. The Bertz CT molecular complexity index is 839. The molecular formula is C14H22F6N2O8S2. The Morgan fingerprint density at radius 3 is 1.00 bits per heavy atom. The first-order chi connectivity index (χ1) is 13.7. The molecule has 18 heteroatoms. The molecule has 0 radical (unpaired) electrons. The van der Waals surface area contributed by atoms with Gasteiger partial charge in [0, 0.05) is 0 Å². The Morgan fingerprint density at radius 2 is 0.844 bits per heavy atom. The first-order valence-corrected chi connectivity index (χ1v) is 11.3. The molecule has 0 aromatic rings. The third-order valence-electron chi connectivity index (χ3n) is 2.83. The molecule has 0 aliphatic heterocycles. The number of carbonyl (C=O) groups excluding carboxylic acids is 2. The van der Waals surface area contributed by atoms with E-state index in [1.807, 2.05) is 0 Å². The van der Waals surface area contributed by atoms with E-state index < -0.39 is 66.3 Å². The van der Waals surface area contributed by atoms with Gasteiger partial charge in [0.25, 0.3) is 0 Å². The maximum absolute atomic E-state index is 12.8. The summed E-state index contributed by atoms with van der Waals surface area (Å²) in [6.07, 6.45) is 0. The fourth-order valence-corrected chi connectivity index (χ4v) is 3.10. The zero-order valence-corrected chi connectivity index (χ0v) is 19.1. The van der Waals surface area contributed by atoms with Gasteiger partial charge in [0.15, 0.2) is 0 Å². The number of hydrogen-bond donors (Lipinski definition) is 2. The third kappa shape index (κ3) is 9.07. The molecule has 10 nitrogen and oxygen atoms in total. The zero-order valence-electron chi connectivity index (χ0n) is 17.5. The van der Waals surface area contributed by atoms with E-state index in [2.05, 4.69) is 9.47 Å². The molecule has 0 saturated heterocycles. The summed E-state index contributed by atoms with van der Waals surface area (Å²) in [5.74, 6) is -3.99. The quantitative estimate of drug-likeness (QED) is 0.374. The van der Waals surface area contributed by atoms with Crippen molar-refractivity contribution >= 4 is 32.0 Å². The summed E-state index contributed by atoms with van der Waals surface area (Å²) in [5.41, 5.74) is -15.3. The summed E-state index contributed by atoms with van der Waals surface area (Å²) < 4.78 is 134. The summed E-state index contributed by atoms with van der Waals surface area (Å²) in [6.45, 7) is 6.93. The van der Waals surface area contributed by atoms with Crippen LogP contribution in [0.25, 0.3) is 0 Å². The van der Waals surface area contributed by atoms with E-state index in [-0.39, 0.29) is 0 Å². The lowest BCUT2D eigenvalue weighted by Gasteiger charge is -2.31. The molecule has 0 bridgehead atoms. The van der Waals surface area contributed by atoms with Gasteiger partial charge in [-0.1, -0.05) is 0 Å². The molecule has 2 atom stereocenters. The van der Waals surface area contributed by atoms with Crippen LogP contribution in [0, 0.1) is 0 Å². The lowest BCUT2D eigenvalue weighted by Crippen LogP contribution is -2.63. The highest BCUT2D eigenvalue weighted by Gasteiger charge is 2.54. The molecular weight excluding hydrogens is 502 g/mol. The van der Waals surface area contributed by atoms with Crippen molar-refractivity contribution in [3.05, 3.63) is 0 Å². The van der Waals surface area contributed by atoms with Gasteiger partial charge in [0.2, 0.25) is 0 Å². The Balaban J connectivity index is 6.72. The molecule has 0 aliphatic carbocycles. The van der Waals surface area contributed by atoms with Gasteiger partial charge in [0.1, 0.15) is 23.3 Å². The van der Waals surface area contributed by atoms with Gasteiger partial charge in [-0.2, -0.15) is 35.8 Å². The lowest BCUT2D eigenvalue weighted by molar-refractivity contribution is -0.166. The van der Waals surface area contributed by atoms with E-state index in [0.29, 0.717) is 9.44 Å². The molecule has 0 aromatic heterocycles. The fourth-order valence-electron chi connectivity index (χ4n) is 1.70. The van der Waals surface area contributed by atoms with Gasteiger partial charge in [-0.05, 0) is 41.5 Å². The van der Waals surface area contributed by atoms with E-state index in [9.17, 15) is 52.8 Å². The molecule has 0 aromatic carbocycles. The molecule has 0 aliphatic rings. The topological polar surface area (TPSA) is 145 Å². The van der Waals surface area contributed by atoms with E-state index in [4.69, 9.17) is 0 Å². The van der Waals surface area contributed by atoms with Crippen LogP contribution in [-0.4, -0.2) is 63.1 Å². The van der Waals surface area contributed by atoms with E-state index in [1.165, 1.54) is 0 Å². The van der Waals surface area contributed by atoms with Crippen LogP contribution >= 0.6 is 0 Å². The Kier molecular flexibility index (Phi) is 8.82. The van der Waals surface area contributed by atoms with E-state index >= 15 is 0 Å². The van der Waals surface area contributed by atoms with Crippen LogP contribution in [-0.2, 0) is 39.1 Å². The van der Waals surface area contributed by atoms with Crippen LogP contribution in [0.2, 0.25) is 0 Å². The van der Waals surface area contributed by atoms with Crippen molar-refractivity contribution in [2.24, 2.45) is 0 Å². The smallest absolute Gasteiger partial charge is 0.459 e. The van der Waals surface area contributed by atoms with Crippen LogP contribution in [0.4, 0.5) is 26.3 Å². The molecule has 0 amide bonds. The van der Waals surface area contributed by atoms with Crippen molar-refractivity contribution < 1.29 is 62.2 Å². The second-order valence-electron chi connectivity index (χ2n) is 8.16. The molecule has 0 spiro atoms. The zero-order chi connectivity index (χ0) is 26.1. The second-order valence-corrected chi connectivity index (χ2v) is 11.6. The van der Waals surface area contributed by atoms with Crippen LogP contribution in [0.15, 0.2) is 0 Å². The van der Waals surface area contributed by atoms with Crippen LogP contribution in [0.1, 0.15) is 41.5 Å². The van der Waals surface area contributed by atoms with Crippen molar-refractivity contribution in [3.8, 4) is 0 Å². The van der Waals surface area contributed by atoms with Gasteiger partial charge in [0.05, 0.1) is 0 Å². The third-order valence-corrected chi connectivity index (χ3v) is 5.18. The first-order valence-electron chi connectivity index (χ1n) is 8.33. The molecule has 0 fully saturated rings.